The SMILES string of the molecule is CCCCN(CCCC)C(=O)NCC1CCCCC1. The van der Waals surface area contributed by atoms with E-state index in [9.17, 15) is 4.79 Å². The smallest absolute Gasteiger partial charge is 0.317 e. The molecular weight excluding hydrogens is 236 g/mol. The molecule has 0 unspecified atom stereocenters. The second-order valence-corrected chi connectivity index (χ2v) is 5.88. The Labute approximate surface area is 119 Å². The molecule has 0 bridgehead atoms. The first-order valence-corrected chi connectivity index (χ1v) is 8.30. The van der Waals surface area contributed by atoms with Crippen molar-refractivity contribution in [2.45, 2.75) is 71.6 Å². The highest BCUT2D eigenvalue weighted by atomic mass is 16.2. The molecule has 1 aliphatic rings. The number of carbonyl (C=O) groups is 1. The molecule has 0 atom stereocenters. The maximum atomic E-state index is 12.2. The summed E-state index contributed by atoms with van der Waals surface area (Å²) in [6.45, 7) is 7.06. The molecule has 3 nitrogen and oxygen atoms in total. The molecule has 0 heterocycles. The lowest BCUT2D eigenvalue weighted by atomic mass is 9.89. The van der Waals surface area contributed by atoms with E-state index in [1.165, 1.54) is 32.1 Å². The van der Waals surface area contributed by atoms with Crippen molar-refractivity contribution in [3.05, 3.63) is 0 Å². The predicted octanol–water partition coefficient (Wildman–Crippen LogP) is 4.18. The summed E-state index contributed by atoms with van der Waals surface area (Å²) in [5.74, 6) is 0.719. The van der Waals surface area contributed by atoms with Crippen molar-refractivity contribution in [3.8, 4) is 0 Å². The minimum Gasteiger partial charge on any atom is -0.338 e. The van der Waals surface area contributed by atoms with Gasteiger partial charge in [-0.3, -0.25) is 0 Å². The lowest BCUT2D eigenvalue weighted by molar-refractivity contribution is 0.192. The Morgan fingerprint density at radius 2 is 1.63 bits per heavy atom. The molecule has 0 aromatic rings. The molecule has 0 radical (unpaired) electrons. The van der Waals surface area contributed by atoms with Crippen molar-refractivity contribution in [1.82, 2.24) is 10.2 Å². The largest absolute Gasteiger partial charge is 0.338 e. The number of urea groups is 1. The summed E-state index contributed by atoms with van der Waals surface area (Å²) < 4.78 is 0. The van der Waals surface area contributed by atoms with Crippen LogP contribution in [0.2, 0.25) is 0 Å². The molecule has 2 amide bonds. The molecule has 1 N–H and O–H groups in total. The molecule has 1 saturated carbocycles. The van der Waals surface area contributed by atoms with Gasteiger partial charge in [-0.05, 0) is 31.6 Å². The minimum atomic E-state index is 0.160. The normalized spacial score (nSPS) is 16.3. The van der Waals surface area contributed by atoms with Crippen molar-refractivity contribution < 1.29 is 4.79 Å². The summed E-state index contributed by atoms with van der Waals surface area (Å²) in [4.78, 5) is 14.2. The van der Waals surface area contributed by atoms with Gasteiger partial charge in [-0.1, -0.05) is 46.0 Å². The van der Waals surface area contributed by atoms with Crippen LogP contribution in [0.1, 0.15) is 71.6 Å². The van der Waals surface area contributed by atoms with Gasteiger partial charge in [0.1, 0.15) is 0 Å². The molecule has 0 aromatic carbocycles. The van der Waals surface area contributed by atoms with Crippen LogP contribution in [0.4, 0.5) is 4.79 Å². The average molecular weight is 268 g/mol. The summed E-state index contributed by atoms with van der Waals surface area (Å²) in [6, 6.07) is 0.160. The minimum absolute atomic E-state index is 0.160. The van der Waals surface area contributed by atoms with Gasteiger partial charge in [0.2, 0.25) is 0 Å². The first-order valence-electron chi connectivity index (χ1n) is 8.30. The van der Waals surface area contributed by atoms with Crippen LogP contribution in [0.15, 0.2) is 0 Å². The summed E-state index contributed by atoms with van der Waals surface area (Å²) in [7, 11) is 0. The molecule has 1 aliphatic carbocycles. The lowest BCUT2D eigenvalue weighted by Gasteiger charge is -2.26. The highest BCUT2D eigenvalue weighted by Gasteiger charge is 2.16. The summed E-state index contributed by atoms with van der Waals surface area (Å²) in [5.41, 5.74) is 0. The van der Waals surface area contributed by atoms with Crippen molar-refractivity contribution >= 4 is 6.03 Å². The van der Waals surface area contributed by atoms with Crippen LogP contribution in [-0.4, -0.2) is 30.6 Å². The fourth-order valence-electron chi connectivity index (χ4n) is 2.75. The van der Waals surface area contributed by atoms with E-state index in [1.54, 1.807) is 0 Å². The molecule has 3 heteroatoms. The van der Waals surface area contributed by atoms with Crippen LogP contribution in [0, 0.1) is 5.92 Å². The Morgan fingerprint density at radius 3 is 2.16 bits per heavy atom. The highest BCUT2D eigenvalue weighted by Crippen LogP contribution is 2.22. The monoisotopic (exact) mass is 268 g/mol. The zero-order valence-electron chi connectivity index (χ0n) is 12.9. The number of nitrogens with one attached hydrogen (secondary N) is 1. The topological polar surface area (TPSA) is 32.3 Å². The third kappa shape index (κ3) is 6.84. The van der Waals surface area contributed by atoms with Gasteiger partial charge in [0, 0.05) is 19.6 Å². The number of amides is 2. The van der Waals surface area contributed by atoms with Crippen LogP contribution in [0.25, 0.3) is 0 Å². The molecule has 19 heavy (non-hydrogen) atoms. The maximum absolute atomic E-state index is 12.2. The van der Waals surface area contributed by atoms with E-state index in [0.717, 1.165) is 51.2 Å². The Hall–Kier alpha value is -0.730. The van der Waals surface area contributed by atoms with E-state index in [-0.39, 0.29) is 6.03 Å². The van der Waals surface area contributed by atoms with Gasteiger partial charge in [0.05, 0.1) is 0 Å². The summed E-state index contributed by atoms with van der Waals surface area (Å²) in [5, 5.41) is 3.16. The van der Waals surface area contributed by atoms with Crippen LogP contribution in [0.3, 0.4) is 0 Å². The number of unbranched alkanes of at least 4 members (excludes halogenated alkanes) is 2. The quantitative estimate of drug-likeness (QED) is 0.703. The number of nitrogens with zero attached hydrogens (tertiary/aromatic N) is 1. The Morgan fingerprint density at radius 1 is 1.05 bits per heavy atom. The van der Waals surface area contributed by atoms with Gasteiger partial charge in [-0.2, -0.15) is 0 Å². The fraction of sp³-hybridized carbons (Fsp3) is 0.938. The van der Waals surface area contributed by atoms with Gasteiger partial charge in [-0.15, -0.1) is 0 Å². The molecule has 0 aliphatic heterocycles. The van der Waals surface area contributed by atoms with Crippen molar-refractivity contribution in [3.63, 3.8) is 0 Å². The molecule has 1 fully saturated rings. The first-order chi connectivity index (χ1) is 9.27. The Kier molecular flexibility index (Phi) is 8.68. The lowest BCUT2D eigenvalue weighted by Crippen LogP contribution is -2.43. The van der Waals surface area contributed by atoms with Crippen LogP contribution in [-0.2, 0) is 0 Å². The third-order valence-corrected chi connectivity index (χ3v) is 4.12. The Balaban J connectivity index is 2.28. The van der Waals surface area contributed by atoms with Crippen LogP contribution < -0.4 is 5.32 Å². The Bertz CT molecular complexity index is 229. The van der Waals surface area contributed by atoms with Crippen molar-refractivity contribution in [2.75, 3.05) is 19.6 Å². The van der Waals surface area contributed by atoms with Crippen molar-refractivity contribution in [1.29, 1.82) is 0 Å². The van der Waals surface area contributed by atoms with E-state index in [4.69, 9.17) is 0 Å². The highest BCUT2D eigenvalue weighted by molar-refractivity contribution is 5.74. The molecule has 0 saturated heterocycles. The number of carbonyl (C=O) groups excluding carboxylic acids is 1. The second kappa shape index (κ2) is 10.1. The predicted molar refractivity (Wildman–Crippen MR) is 81.4 cm³/mol. The van der Waals surface area contributed by atoms with E-state index < -0.39 is 0 Å². The number of rotatable bonds is 8. The molecule has 0 aromatic heterocycles. The second-order valence-electron chi connectivity index (χ2n) is 5.88. The number of hydrogen-bond acceptors (Lipinski definition) is 1. The third-order valence-electron chi connectivity index (χ3n) is 4.12. The molecular formula is C16H32N2O. The molecule has 1 rings (SSSR count). The van der Waals surface area contributed by atoms with E-state index in [2.05, 4.69) is 19.2 Å². The van der Waals surface area contributed by atoms with Crippen LogP contribution >= 0.6 is 0 Å². The van der Waals surface area contributed by atoms with E-state index >= 15 is 0 Å². The van der Waals surface area contributed by atoms with Gasteiger partial charge in [0.25, 0.3) is 0 Å². The van der Waals surface area contributed by atoms with Crippen molar-refractivity contribution in [2.24, 2.45) is 5.92 Å². The summed E-state index contributed by atoms with van der Waals surface area (Å²) >= 11 is 0. The number of hydrogen-bond donors (Lipinski definition) is 1. The van der Waals surface area contributed by atoms with Crippen LogP contribution in [0.5, 0.6) is 0 Å². The zero-order valence-corrected chi connectivity index (χ0v) is 12.9. The molecule has 112 valence electrons. The maximum Gasteiger partial charge on any atom is 0.317 e. The first kappa shape index (κ1) is 16.3. The van der Waals surface area contributed by atoms with Gasteiger partial charge < -0.3 is 10.2 Å². The zero-order chi connectivity index (χ0) is 13.9. The standard InChI is InChI=1S/C16H32N2O/c1-3-5-12-18(13-6-4-2)16(19)17-14-15-10-8-7-9-11-15/h15H,3-14H2,1-2H3,(H,17,19). The summed E-state index contributed by atoms with van der Waals surface area (Å²) in [6.07, 6.45) is 11.2. The molecule has 0 spiro atoms. The van der Waals surface area contributed by atoms with Gasteiger partial charge in [-0.25, -0.2) is 4.79 Å². The fourth-order valence-corrected chi connectivity index (χ4v) is 2.75. The van der Waals surface area contributed by atoms with E-state index in [1.807, 2.05) is 4.90 Å². The van der Waals surface area contributed by atoms with Gasteiger partial charge >= 0.3 is 6.03 Å². The van der Waals surface area contributed by atoms with E-state index in [0.29, 0.717) is 0 Å². The van der Waals surface area contributed by atoms with Gasteiger partial charge in [0.15, 0.2) is 0 Å². The average Bonchev–Trinajstić information content (AvgIpc) is 2.46.